The van der Waals surface area contributed by atoms with Crippen molar-refractivity contribution in [1.82, 2.24) is 5.32 Å². The Bertz CT molecular complexity index is 619. The van der Waals surface area contributed by atoms with E-state index in [0.717, 1.165) is 17.4 Å². The van der Waals surface area contributed by atoms with E-state index in [2.05, 4.69) is 10.3 Å². The number of rotatable bonds is 4. The zero-order valence-corrected chi connectivity index (χ0v) is 12.9. The number of aliphatic imine (C=N–C) groups is 1. The molecule has 2 heterocycles. The van der Waals surface area contributed by atoms with E-state index in [1.54, 1.807) is 0 Å². The number of esters is 1. The van der Waals surface area contributed by atoms with Gasteiger partial charge in [-0.3, -0.25) is 4.79 Å². The van der Waals surface area contributed by atoms with Crippen LogP contribution in [-0.4, -0.2) is 41.1 Å². The predicted octanol–water partition coefficient (Wildman–Crippen LogP) is 1.63. The second kappa shape index (κ2) is 6.10. The molecule has 2 saturated heterocycles. The average Bonchev–Trinajstić information content (AvgIpc) is 2.99. The monoisotopic (exact) mass is 320 g/mol. The van der Waals surface area contributed by atoms with E-state index in [1.807, 2.05) is 37.3 Å². The highest BCUT2D eigenvalue weighted by molar-refractivity contribution is 8.17. The number of nitrogens with one attached hydrogen (secondary N) is 1. The number of thioether (sulfide) groups is 1. The van der Waals surface area contributed by atoms with Crippen LogP contribution in [0.3, 0.4) is 0 Å². The van der Waals surface area contributed by atoms with E-state index in [0.29, 0.717) is 24.8 Å². The first-order chi connectivity index (χ1) is 10.6. The van der Waals surface area contributed by atoms with Crippen molar-refractivity contribution in [3.05, 3.63) is 30.3 Å². The van der Waals surface area contributed by atoms with Crippen molar-refractivity contribution in [1.29, 1.82) is 0 Å². The van der Waals surface area contributed by atoms with Crippen molar-refractivity contribution in [2.24, 2.45) is 4.99 Å². The summed E-state index contributed by atoms with van der Waals surface area (Å²) >= 11 is 1.13. The molecule has 0 aromatic heterocycles. The number of hydrogen-bond acceptors (Lipinski definition) is 6. The van der Waals surface area contributed by atoms with Gasteiger partial charge in [0.05, 0.1) is 12.3 Å². The number of amides is 1. The second-order valence-corrected chi connectivity index (χ2v) is 6.31. The number of nitrogens with zero attached hydrogens (tertiary/aromatic N) is 1. The molecule has 6 nitrogen and oxygen atoms in total. The topological polar surface area (TPSA) is 77.0 Å². The molecule has 0 bridgehead atoms. The number of ether oxygens (including phenoxy) is 2. The summed E-state index contributed by atoms with van der Waals surface area (Å²) in [5.41, 5.74) is 0.722. The van der Waals surface area contributed by atoms with E-state index in [-0.39, 0.29) is 12.0 Å². The summed E-state index contributed by atoms with van der Waals surface area (Å²) in [4.78, 5) is 28.8. The lowest BCUT2D eigenvalue weighted by molar-refractivity contribution is -0.146. The highest BCUT2D eigenvalue weighted by atomic mass is 32.2. The third-order valence-electron chi connectivity index (χ3n) is 3.47. The predicted molar refractivity (Wildman–Crippen MR) is 83.0 cm³/mol. The number of amidine groups is 1. The smallest absolute Gasteiger partial charge is 0.332 e. The Labute approximate surface area is 132 Å². The maximum absolute atomic E-state index is 12.3. The lowest BCUT2D eigenvalue weighted by atomic mass is 10.0. The second-order valence-electron chi connectivity index (χ2n) is 5.03. The van der Waals surface area contributed by atoms with E-state index < -0.39 is 10.7 Å². The SMILES string of the molecule is CCOCC1CC2(SC(=Nc3ccccc3)NC2=O)C(=O)O1. The van der Waals surface area contributed by atoms with Crippen molar-refractivity contribution < 1.29 is 19.1 Å². The van der Waals surface area contributed by atoms with E-state index in [9.17, 15) is 9.59 Å². The third-order valence-corrected chi connectivity index (χ3v) is 4.73. The number of cyclic esters (lactones) is 1. The minimum atomic E-state index is -1.23. The summed E-state index contributed by atoms with van der Waals surface area (Å²) < 4.78 is 9.32. The summed E-state index contributed by atoms with van der Waals surface area (Å²) in [5, 5.41) is 3.10. The Kier molecular flexibility index (Phi) is 4.17. The van der Waals surface area contributed by atoms with Gasteiger partial charge in [0.25, 0.3) is 5.91 Å². The molecule has 1 aromatic carbocycles. The zero-order valence-electron chi connectivity index (χ0n) is 12.1. The van der Waals surface area contributed by atoms with Gasteiger partial charge in [0.1, 0.15) is 6.10 Å². The fourth-order valence-corrected chi connectivity index (χ4v) is 3.58. The van der Waals surface area contributed by atoms with E-state index in [4.69, 9.17) is 9.47 Å². The minimum absolute atomic E-state index is 0.302. The molecule has 22 heavy (non-hydrogen) atoms. The Morgan fingerprint density at radius 3 is 2.91 bits per heavy atom. The fraction of sp³-hybridized carbons (Fsp3) is 0.400. The van der Waals surface area contributed by atoms with Gasteiger partial charge in [0.2, 0.25) is 4.75 Å². The summed E-state index contributed by atoms with van der Waals surface area (Å²) in [5.74, 6) is -0.880. The molecule has 2 fully saturated rings. The molecule has 2 unspecified atom stereocenters. The molecular formula is C15H16N2O4S. The number of carbonyl (C=O) groups excluding carboxylic acids is 2. The van der Waals surface area contributed by atoms with Crippen LogP contribution in [0.15, 0.2) is 35.3 Å². The third kappa shape index (κ3) is 2.74. The van der Waals surface area contributed by atoms with Crippen molar-refractivity contribution in [2.45, 2.75) is 24.2 Å². The Morgan fingerprint density at radius 2 is 2.18 bits per heavy atom. The number of hydrogen-bond donors (Lipinski definition) is 1. The number of benzene rings is 1. The van der Waals surface area contributed by atoms with Crippen molar-refractivity contribution in [2.75, 3.05) is 13.2 Å². The van der Waals surface area contributed by atoms with Crippen LogP contribution in [0.2, 0.25) is 0 Å². The van der Waals surface area contributed by atoms with Crippen molar-refractivity contribution >= 4 is 34.5 Å². The molecule has 1 spiro atoms. The van der Waals surface area contributed by atoms with Crippen LogP contribution in [0.1, 0.15) is 13.3 Å². The summed E-state index contributed by atoms with van der Waals surface area (Å²) in [6.07, 6.45) is -0.0855. The van der Waals surface area contributed by atoms with Crippen LogP contribution in [0.5, 0.6) is 0 Å². The molecule has 1 N–H and O–H groups in total. The van der Waals surface area contributed by atoms with Crippen LogP contribution in [-0.2, 0) is 19.1 Å². The van der Waals surface area contributed by atoms with Gasteiger partial charge in [-0.15, -0.1) is 0 Å². The molecule has 116 valence electrons. The highest BCUT2D eigenvalue weighted by Gasteiger charge is 2.60. The van der Waals surface area contributed by atoms with Crippen molar-refractivity contribution in [3.8, 4) is 0 Å². The quantitative estimate of drug-likeness (QED) is 0.674. The standard InChI is InChI=1S/C15H16N2O4S/c1-2-20-9-11-8-15(13(19)21-11)12(18)17-14(22-15)16-10-6-4-3-5-7-10/h3-7,11H,2,8-9H2,1H3,(H,16,17,18). The Balaban J connectivity index is 1.77. The van der Waals surface area contributed by atoms with Crippen LogP contribution in [0, 0.1) is 0 Å². The van der Waals surface area contributed by atoms with Crippen molar-refractivity contribution in [3.63, 3.8) is 0 Å². The van der Waals surface area contributed by atoms with Gasteiger partial charge in [0, 0.05) is 13.0 Å². The zero-order chi connectivity index (χ0) is 15.6. The van der Waals surface area contributed by atoms with Crippen LogP contribution < -0.4 is 5.32 Å². The molecule has 7 heteroatoms. The maximum atomic E-state index is 12.3. The highest BCUT2D eigenvalue weighted by Crippen LogP contribution is 2.43. The fourth-order valence-electron chi connectivity index (χ4n) is 2.41. The molecule has 0 radical (unpaired) electrons. The van der Waals surface area contributed by atoms with Gasteiger partial charge < -0.3 is 14.8 Å². The number of para-hydroxylation sites is 1. The van der Waals surface area contributed by atoms with Gasteiger partial charge in [-0.05, 0) is 19.1 Å². The first kappa shape index (κ1) is 15.1. The van der Waals surface area contributed by atoms with Gasteiger partial charge in [-0.25, -0.2) is 9.79 Å². The summed E-state index contributed by atoms with van der Waals surface area (Å²) in [6, 6.07) is 9.26. The largest absolute Gasteiger partial charge is 0.458 e. The van der Waals surface area contributed by atoms with Gasteiger partial charge >= 0.3 is 5.97 Å². The molecule has 2 aliphatic rings. The molecular weight excluding hydrogens is 304 g/mol. The molecule has 2 atom stereocenters. The Hall–Kier alpha value is -1.86. The van der Waals surface area contributed by atoms with Gasteiger partial charge in [0.15, 0.2) is 5.17 Å². The lowest BCUT2D eigenvalue weighted by Gasteiger charge is -2.11. The first-order valence-corrected chi connectivity index (χ1v) is 7.89. The average molecular weight is 320 g/mol. The minimum Gasteiger partial charge on any atom is -0.458 e. The molecule has 3 rings (SSSR count). The normalized spacial score (nSPS) is 29.1. The Morgan fingerprint density at radius 1 is 1.41 bits per heavy atom. The van der Waals surface area contributed by atoms with Crippen LogP contribution in [0.25, 0.3) is 0 Å². The molecule has 2 aliphatic heterocycles. The van der Waals surface area contributed by atoms with Crippen LogP contribution >= 0.6 is 11.8 Å². The number of carbonyl (C=O) groups is 2. The molecule has 1 amide bonds. The maximum Gasteiger partial charge on any atom is 0.332 e. The molecule has 0 saturated carbocycles. The molecule has 0 aliphatic carbocycles. The molecule has 1 aromatic rings. The van der Waals surface area contributed by atoms with E-state index >= 15 is 0 Å². The van der Waals surface area contributed by atoms with Gasteiger partial charge in [-0.1, -0.05) is 30.0 Å². The van der Waals surface area contributed by atoms with E-state index in [1.165, 1.54) is 0 Å². The van der Waals surface area contributed by atoms with Crippen LogP contribution in [0.4, 0.5) is 5.69 Å². The lowest BCUT2D eigenvalue weighted by Crippen LogP contribution is -2.40. The first-order valence-electron chi connectivity index (χ1n) is 7.07. The van der Waals surface area contributed by atoms with Gasteiger partial charge in [-0.2, -0.15) is 0 Å². The summed E-state index contributed by atoms with van der Waals surface area (Å²) in [7, 11) is 0. The summed E-state index contributed by atoms with van der Waals surface area (Å²) in [6.45, 7) is 2.72.